The summed E-state index contributed by atoms with van der Waals surface area (Å²) in [4.78, 5) is 27.9. The summed E-state index contributed by atoms with van der Waals surface area (Å²) in [6, 6.07) is 17.1. The van der Waals surface area contributed by atoms with Crippen LogP contribution in [0.4, 0.5) is 4.79 Å². The summed E-state index contributed by atoms with van der Waals surface area (Å²) in [6.45, 7) is 14.9. The molecule has 2 aromatic rings. The van der Waals surface area contributed by atoms with E-state index in [4.69, 9.17) is 13.9 Å². The van der Waals surface area contributed by atoms with Gasteiger partial charge >= 0.3 is 6.09 Å². The van der Waals surface area contributed by atoms with Crippen molar-refractivity contribution >= 4 is 26.4 Å². The third-order valence-corrected chi connectivity index (χ3v) is 11.7. The highest BCUT2D eigenvalue weighted by Gasteiger charge is 2.45. The Kier molecular flexibility index (Phi) is 9.15. The Bertz CT molecular complexity index is 1110. The summed E-state index contributed by atoms with van der Waals surface area (Å²) < 4.78 is 17.3. The number of methoxy groups -OCH3 is 1. The van der Waals surface area contributed by atoms with Crippen molar-refractivity contribution in [1.82, 2.24) is 4.90 Å². The van der Waals surface area contributed by atoms with E-state index in [0.717, 1.165) is 16.9 Å². The number of ether oxygens (including phenoxy) is 2. The van der Waals surface area contributed by atoms with Gasteiger partial charge in [-0.15, -0.1) is 6.58 Å². The molecule has 3 rings (SSSR count). The first-order valence-corrected chi connectivity index (χ1v) is 15.5. The van der Waals surface area contributed by atoms with Crippen LogP contribution in [0.2, 0.25) is 18.1 Å². The molecule has 37 heavy (non-hydrogen) atoms. The lowest BCUT2D eigenvalue weighted by Crippen LogP contribution is -2.50. The topological polar surface area (TPSA) is 65.1 Å². The first kappa shape index (κ1) is 28.4. The van der Waals surface area contributed by atoms with E-state index < -0.39 is 26.4 Å². The van der Waals surface area contributed by atoms with E-state index in [9.17, 15) is 9.59 Å². The zero-order chi connectivity index (χ0) is 27.2. The van der Waals surface area contributed by atoms with Crippen molar-refractivity contribution in [2.75, 3.05) is 13.7 Å². The van der Waals surface area contributed by atoms with Crippen molar-refractivity contribution in [1.29, 1.82) is 0 Å². The average Bonchev–Trinajstić information content (AvgIpc) is 3.22. The smallest absolute Gasteiger partial charge is 0.417 e. The van der Waals surface area contributed by atoms with Crippen molar-refractivity contribution in [3.63, 3.8) is 0 Å². The number of carbonyl (C=O) groups excluding carboxylic acids is 2. The van der Waals surface area contributed by atoms with Gasteiger partial charge in [0, 0.05) is 0 Å². The number of benzene rings is 2. The highest BCUT2D eigenvalue weighted by molar-refractivity contribution is 6.74. The van der Waals surface area contributed by atoms with Crippen molar-refractivity contribution in [2.45, 2.75) is 57.5 Å². The Balaban J connectivity index is 1.92. The van der Waals surface area contributed by atoms with E-state index in [0.29, 0.717) is 6.42 Å². The molecule has 1 fully saturated rings. The first-order valence-electron chi connectivity index (χ1n) is 12.6. The number of amides is 2. The first-order chi connectivity index (χ1) is 17.5. The Hall–Kier alpha value is -3.16. The molecule has 1 aliphatic rings. The lowest BCUT2D eigenvalue weighted by molar-refractivity contribution is -0.133. The predicted octanol–water partition coefficient (Wildman–Crippen LogP) is 6.49. The van der Waals surface area contributed by atoms with Gasteiger partial charge in [-0.1, -0.05) is 81.5 Å². The predicted molar refractivity (Wildman–Crippen MR) is 150 cm³/mol. The Labute approximate surface area is 222 Å². The number of carbonyl (C=O) groups is 2. The molecule has 0 aromatic heterocycles. The van der Waals surface area contributed by atoms with Gasteiger partial charge in [0.25, 0.3) is 0 Å². The van der Waals surface area contributed by atoms with E-state index in [2.05, 4.69) is 40.4 Å². The van der Waals surface area contributed by atoms with Gasteiger partial charge in [-0.25, -0.2) is 9.69 Å². The fraction of sp³-hybridized carbons (Fsp3) is 0.400. The molecule has 0 saturated carbocycles. The lowest BCUT2D eigenvalue weighted by atomic mass is 9.98. The molecule has 2 amide bonds. The largest absolute Gasteiger partial charge is 0.497 e. The number of rotatable bonds is 10. The third-order valence-electron chi connectivity index (χ3n) is 7.24. The highest BCUT2D eigenvalue weighted by atomic mass is 28.4. The molecule has 0 N–H and O–H groups in total. The maximum Gasteiger partial charge on any atom is 0.417 e. The minimum absolute atomic E-state index is 0.0730. The SMILES string of the molecule is C=C[C@H](C(=O)N1C(=O)OC[C@@H]1Cc1ccccc1)[C@@H](/C=C/c1ccc(OC)cc1)O[Si](C)(C)C(C)(C)C. The molecule has 0 unspecified atom stereocenters. The Morgan fingerprint density at radius 3 is 2.38 bits per heavy atom. The third kappa shape index (κ3) is 6.99. The maximum atomic E-state index is 13.9. The second-order valence-corrected chi connectivity index (χ2v) is 15.6. The summed E-state index contributed by atoms with van der Waals surface area (Å²) >= 11 is 0. The molecule has 0 radical (unpaired) electrons. The molecule has 7 heteroatoms. The molecular weight excluding hydrogens is 482 g/mol. The molecule has 0 bridgehead atoms. The monoisotopic (exact) mass is 521 g/mol. The number of hydrogen-bond acceptors (Lipinski definition) is 5. The van der Waals surface area contributed by atoms with Gasteiger partial charge in [-0.3, -0.25) is 4.79 Å². The molecule has 1 heterocycles. The standard InChI is InChI=1S/C30H39NO5Si/c1-8-26(28(32)31-24(21-35-29(31)33)20-23-12-10-9-11-13-23)27(36-37(6,7)30(2,3)4)19-16-22-14-17-25(34-5)18-15-22/h8-19,24,26-27H,1,20-21H2,2-7H3/b19-16+/t24-,26-,27+/m0/s1. The van der Waals surface area contributed by atoms with Gasteiger partial charge in [0.2, 0.25) is 5.91 Å². The van der Waals surface area contributed by atoms with Crippen LogP contribution in [0.1, 0.15) is 31.9 Å². The summed E-state index contributed by atoms with van der Waals surface area (Å²) in [5, 5.41) is -0.0730. The van der Waals surface area contributed by atoms with Crippen LogP contribution in [0.15, 0.2) is 73.3 Å². The number of imide groups is 1. The van der Waals surface area contributed by atoms with Gasteiger partial charge in [0.15, 0.2) is 8.32 Å². The van der Waals surface area contributed by atoms with Gasteiger partial charge in [0.1, 0.15) is 12.4 Å². The van der Waals surface area contributed by atoms with Crippen LogP contribution in [0, 0.1) is 5.92 Å². The second-order valence-electron chi connectivity index (χ2n) is 10.9. The van der Waals surface area contributed by atoms with Gasteiger partial charge < -0.3 is 13.9 Å². The molecule has 1 aliphatic heterocycles. The van der Waals surface area contributed by atoms with Crippen molar-refractivity contribution < 1.29 is 23.5 Å². The van der Waals surface area contributed by atoms with Gasteiger partial charge in [-0.05, 0) is 47.8 Å². The molecule has 1 saturated heterocycles. The van der Waals surface area contributed by atoms with Gasteiger partial charge in [-0.2, -0.15) is 0 Å². The molecule has 3 atom stereocenters. The van der Waals surface area contributed by atoms with E-state index in [-0.39, 0.29) is 23.6 Å². The summed E-state index contributed by atoms with van der Waals surface area (Å²) in [5.41, 5.74) is 1.98. The van der Waals surface area contributed by atoms with E-state index in [1.54, 1.807) is 13.2 Å². The van der Waals surface area contributed by atoms with Crippen molar-refractivity contribution in [3.8, 4) is 5.75 Å². The minimum Gasteiger partial charge on any atom is -0.497 e. The van der Waals surface area contributed by atoms with Crippen LogP contribution in [-0.4, -0.2) is 51.1 Å². The average molecular weight is 522 g/mol. The van der Waals surface area contributed by atoms with Crippen molar-refractivity contribution in [2.24, 2.45) is 5.92 Å². The summed E-state index contributed by atoms with van der Waals surface area (Å²) in [6.07, 6.45) is 4.73. The molecule has 6 nitrogen and oxygen atoms in total. The van der Waals surface area contributed by atoms with Crippen LogP contribution in [0.25, 0.3) is 6.08 Å². The summed E-state index contributed by atoms with van der Waals surface area (Å²) in [7, 11) is -0.659. The Morgan fingerprint density at radius 2 is 1.81 bits per heavy atom. The molecule has 2 aromatic carbocycles. The molecule has 198 valence electrons. The fourth-order valence-corrected chi connectivity index (χ4v) is 5.23. The number of nitrogens with zero attached hydrogens (tertiary/aromatic N) is 1. The quantitative estimate of drug-likeness (QED) is 0.264. The van der Waals surface area contributed by atoms with Gasteiger partial charge in [0.05, 0.1) is 25.2 Å². The zero-order valence-corrected chi connectivity index (χ0v) is 23.8. The van der Waals surface area contributed by atoms with Crippen LogP contribution in [-0.2, 0) is 20.4 Å². The zero-order valence-electron chi connectivity index (χ0n) is 22.8. The van der Waals surface area contributed by atoms with Crippen LogP contribution < -0.4 is 4.74 Å². The van der Waals surface area contributed by atoms with E-state index in [1.807, 2.05) is 66.7 Å². The number of hydrogen-bond donors (Lipinski definition) is 0. The summed E-state index contributed by atoms with van der Waals surface area (Å²) in [5.74, 6) is -0.351. The molecular formula is C30H39NO5Si. The molecule has 0 aliphatic carbocycles. The van der Waals surface area contributed by atoms with Crippen molar-refractivity contribution in [3.05, 3.63) is 84.5 Å². The lowest BCUT2D eigenvalue weighted by Gasteiger charge is -2.40. The normalized spacial score (nSPS) is 17.9. The fourth-order valence-electron chi connectivity index (χ4n) is 3.97. The minimum atomic E-state index is -2.29. The number of cyclic esters (lactones) is 1. The Morgan fingerprint density at radius 1 is 1.16 bits per heavy atom. The van der Waals surface area contributed by atoms with Crippen LogP contribution in [0.5, 0.6) is 5.75 Å². The second kappa shape index (κ2) is 11.9. The maximum absolute atomic E-state index is 13.9. The van der Waals surface area contributed by atoms with Crippen LogP contribution in [0.3, 0.4) is 0 Å². The highest BCUT2D eigenvalue weighted by Crippen LogP contribution is 2.39. The van der Waals surface area contributed by atoms with Crippen LogP contribution >= 0.6 is 0 Å². The van der Waals surface area contributed by atoms with E-state index in [1.165, 1.54) is 4.90 Å². The van der Waals surface area contributed by atoms with E-state index >= 15 is 0 Å². The molecule has 0 spiro atoms.